The standard InChI is InChI=1S/C26H27N3O3/c1-3-6-24(30)28-21-15-13-20(14-16-21)25(31)29-23-8-5-4-7-22(23)26(32)27-17-19-11-9-18(2)10-12-19/h4-5,7-16H,3,6,17H2,1-2H3,(H,27,32)(H,28,30)(H,29,31). The SMILES string of the molecule is CCCC(=O)Nc1ccc(C(=O)Nc2ccccc2C(=O)NCc2ccc(C)cc2)cc1. The van der Waals surface area contributed by atoms with Crippen LogP contribution in [0.4, 0.5) is 11.4 Å². The van der Waals surface area contributed by atoms with Gasteiger partial charge in [-0.15, -0.1) is 0 Å². The van der Waals surface area contributed by atoms with Crippen molar-refractivity contribution in [1.82, 2.24) is 5.32 Å². The lowest BCUT2D eigenvalue weighted by Crippen LogP contribution is -2.24. The third-order valence-corrected chi connectivity index (χ3v) is 4.90. The van der Waals surface area contributed by atoms with Gasteiger partial charge in [0.05, 0.1) is 11.3 Å². The number of hydrogen-bond acceptors (Lipinski definition) is 3. The molecule has 0 bridgehead atoms. The molecule has 0 aliphatic carbocycles. The predicted molar refractivity (Wildman–Crippen MR) is 127 cm³/mol. The van der Waals surface area contributed by atoms with Crippen LogP contribution in [-0.4, -0.2) is 17.7 Å². The molecule has 6 nitrogen and oxygen atoms in total. The smallest absolute Gasteiger partial charge is 0.255 e. The van der Waals surface area contributed by atoms with Crippen molar-refractivity contribution < 1.29 is 14.4 Å². The van der Waals surface area contributed by atoms with Gasteiger partial charge in [-0.3, -0.25) is 14.4 Å². The Morgan fingerprint density at radius 2 is 1.47 bits per heavy atom. The van der Waals surface area contributed by atoms with Gasteiger partial charge in [0.2, 0.25) is 5.91 Å². The molecule has 0 atom stereocenters. The van der Waals surface area contributed by atoms with Gasteiger partial charge in [0.15, 0.2) is 0 Å². The highest BCUT2D eigenvalue weighted by atomic mass is 16.2. The van der Waals surface area contributed by atoms with Gasteiger partial charge >= 0.3 is 0 Å². The average Bonchev–Trinajstić information content (AvgIpc) is 2.79. The number of rotatable bonds is 8. The number of para-hydroxylation sites is 1. The summed E-state index contributed by atoms with van der Waals surface area (Å²) >= 11 is 0. The number of nitrogens with one attached hydrogen (secondary N) is 3. The van der Waals surface area contributed by atoms with Gasteiger partial charge in [-0.05, 0) is 55.3 Å². The first-order valence-corrected chi connectivity index (χ1v) is 10.6. The number of carbonyl (C=O) groups excluding carboxylic acids is 3. The van der Waals surface area contributed by atoms with Gasteiger partial charge in [0, 0.05) is 24.2 Å². The van der Waals surface area contributed by atoms with Crippen molar-refractivity contribution in [2.75, 3.05) is 10.6 Å². The lowest BCUT2D eigenvalue weighted by Gasteiger charge is -2.12. The molecule has 6 heteroatoms. The maximum Gasteiger partial charge on any atom is 0.255 e. The van der Waals surface area contributed by atoms with E-state index >= 15 is 0 Å². The molecule has 164 valence electrons. The molecule has 32 heavy (non-hydrogen) atoms. The summed E-state index contributed by atoms with van der Waals surface area (Å²) in [5.74, 6) is -0.666. The second-order valence-corrected chi connectivity index (χ2v) is 7.54. The van der Waals surface area contributed by atoms with Crippen molar-refractivity contribution in [3.8, 4) is 0 Å². The first kappa shape index (κ1) is 22.7. The number of hydrogen-bond donors (Lipinski definition) is 3. The zero-order valence-electron chi connectivity index (χ0n) is 18.3. The second-order valence-electron chi connectivity index (χ2n) is 7.54. The van der Waals surface area contributed by atoms with E-state index in [1.807, 2.05) is 38.1 Å². The topological polar surface area (TPSA) is 87.3 Å². The minimum Gasteiger partial charge on any atom is -0.348 e. The van der Waals surface area contributed by atoms with Crippen molar-refractivity contribution in [3.05, 3.63) is 95.1 Å². The predicted octanol–water partition coefficient (Wildman–Crippen LogP) is 4.92. The molecular formula is C26H27N3O3. The lowest BCUT2D eigenvalue weighted by atomic mass is 10.1. The normalized spacial score (nSPS) is 10.3. The number of carbonyl (C=O) groups is 3. The summed E-state index contributed by atoms with van der Waals surface area (Å²) in [6, 6.07) is 21.5. The number of benzene rings is 3. The molecule has 0 heterocycles. The Morgan fingerprint density at radius 1 is 0.781 bits per heavy atom. The quantitative estimate of drug-likeness (QED) is 0.475. The third kappa shape index (κ3) is 6.28. The Balaban J connectivity index is 1.64. The third-order valence-electron chi connectivity index (χ3n) is 4.90. The summed E-state index contributed by atoms with van der Waals surface area (Å²) in [4.78, 5) is 37.1. The highest BCUT2D eigenvalue weighted by Gasteiger charge is 2.14. The minimum absolute atomic E-state index is 0.0599. The summed E-state index contributed by atoms with van der Waals surface area (Å²) in [7, 11) is 0. The Morgan fingerprint density at radius 3 is 2.16 bits per heavy atom. The van der Waals surface area contributed by atoms with Crippen LogP contribution >= 0.6 is 0 Å². The molecule has 3 aromatic carbocycles. The van der Waals surface area contributed by atoms with E-state index < -0.39 is 0 Å². The number of aryl methyl sites for hydroxylation is 1. The molecule has 3 N–H and O–H groups in total. The first-order valence-electron chi connectivity index (χ1n) is 10.6. The van der Waals surface area contributed by atoms with E-state index in [2.05, 4.69) is 16.0 Å². The van der Waals surface area contributed by atoms with E-state index in [0.29, 0.717) is 35.5 Å². The van der Waals surface area contributed by atoms with Crippen LogP contribution < -0.4 is 16.0 Å². The summed E-state index contributed by atoms with van der Waals surface area (Å²) < 4.78 is 0. The Hall–Kier alpha value is -3.93. The largest absolute Gasteiger partial charge is 0.348 e. The molecule has 0 unspecified atom stereocenters. The molecule has 0 aliphatic rings. The number of amides is 3. The van der Waals surface area contributed by atoms with Crippen LogP contribution in [0.5, 0.6) is 0 Å². The maximum atomic E-state index is 12.7. The summed E-state index contributed by atoms with van der Waals surface area (Å²) in [6.45, 7) is 4.34. The molecule has 0 radical (unpaired) electrons. The summed E-state index contributed by atoms with van der Waals surface area (Å²) in [5.41, 5.74) is 4.03. The fourth-order valence-corrected chi connectivity index (χ4v) is 3.12. The van der Waals surface area contributed by atoms with E-state index in [1.165, 1.54) is 0 Å². The zero-order chi connectivity index (χ0) is 22.9. The fourth-order valence-electron chi connectivity index (χ4n) is 3.12. The minimum atomic E-state index is -0.338. The van der Waals surface area contributed by atoms with Gasteiger partial charge in [-0.1, -0.05) is 48.9 Å². The van der Waals surface area contributed by atoms with Crippen molar-refractivity contribution >= 4 is 29.1 Å². The van der Waals surface area contributed by atoms with Crippen LogP contribution in [0.3, 0.4) is 0 Å². The first-order chi connectivity index (χ1) is 15.5. The van der Waals surface area contributed by atoms with Crippen molar-refractivity contribution in [2.45, 2.75) is 33.2 Å². The van der Waals surface area contributed by atoms with E-state index in [9.17, 15) is 14.4 Å². The molecule has 0 saturated heterocycles. The van der Waals surface area contributed by atoms with Gasteiger partial charge in [0.1, 0.15) is 0 Å². The Kier molecular flexibility index (Phi) is 7.75. The molecule has 0 aromatic heterocycles. The lowest BCUT2D eigenvalue weighted by molar-refractivity contribution is -0.116. The average molecular weight is 430 g/mol. The fraction of sp³-hybridized carbons (Fsp3) is 0.192. The molecular weight excluding hydrogens is 402 g/mol. The van der Waals surface area contributed by atoms with Crippen LogP contribution in [-0.2, 0) is 11.3 Å². The monoisotopic (exact) mass is 429 g/mol. The van der Waals surface area contributed by atoms with Crippen LogP contribution in [0.1, 0.15) is 51.6 Å². The highest BCUT2D eigenvalue weighted by Crippen LogP contribution is 2.18. The zero-order valence-corrected chi connectivity index (χ0v) is 18.3. The highest BCUT2D eigenvalue weighted by molar-refractivity contribution is 6.09. The van der Waals surface area contributed by atoms with E-state index in [-0.39, 0.29) is 17.7 Å². The summed E-state index contributed by atoms with van der Waals surface area (Å²) in [5, 5.41) is 8.49. The maximum absolute atomic E-state index is 12.7. The molecule has 3 amide bonds. The second kappa shape index (κ2) is 10.9. The van der Waals surface area contributed by atoms with Gasteiger partial charge in [0.25, 0.3) is 11.8 Å². The molecule has 3 aromatic rings. The number of anilines is 2. The van der Waals surface area contributed by atoms with E-state index in [1.54, 1.807) is 48.5 Å². The van der Waals surface area contributed by atoms with Gasteiger partial charge in [-0.2, -0.15) is 0 Å². The molecule has 0 aliphatic heterocycles. The molecule has 3 rings (SSSR count). The molecule has 0 spiro atoms. The van der Waals surface area contributed by atoms with Crippen LogP contribution in [0, 0.1) is 6.92 Å². The van der Waals surface area contributed by atoms with Crippen LogP contribution in [0.15, 0.2) is 72.8 Å². The van der Waals surface area contributed by atoms with Crippen LogP contribution in [0.2, 0.25) is 0 Å². The molecule has 0 fully saturated rings. The van der Waals surface area contributed by atoms with Crippen LogP contribution in [0.25, 0.3) is 0 Å². The summed E-state index contributed by atoms with van der Waals surface area (Å²) in [6.07, 6.45) is 1.22. The van der Waals surface area contributed by atoms with Crippen molar-refractivity contribution in [1.29, 1.82) is 0 Å². The van der Waals surface area contributed by atoms with Gasteiger partial charge in [-0.25, -0.2) is 0 Å². The van der Waals surface area contributed by atoms with Crippen molar-refractivity contribution in [3.63, 3.8) is 0 Å². The van der Waals surface area contributed by atoms with E-state index in [0.717, 1.165) is 17.5 Å². The van der Waals surface area contributed by atoms with E-state index in [4.69, 9.17) is 0 Å². The molecule has 0 saturated carbocycles. The Labute approximate surface area is 188 Å². The van der Waals surface area contributed by atoms with Crippen molar-refractivity contribution in [2.24, 2.45) is 0 Å². The Bertz CT molecular complexity index is 1090. The van der Waals surface area contributed by atoms with Gasteiger partial charge < -0.3 is 16.0 Å².